The number of carboxylic acid groups (broad SMARTS) is 1. The zero-order chi connectivity index (χ0) is 20.8. The van der Waals surface area contributed by atoms with Crippen molar-refractivity contribution in [1.29, 1.82) is 0 Å². The Labute approximate surface area is 166 Å². The second kappa shape index (κ2) is 8.71. The van der Waals surface area contributed by atoms with Crippen LogP contribution < -0.4 is 10.6 Å². The summed E-state index contributed by atoms with van der Waals surface area (Å²) in [6.07, 6.45) is 2.86. The molecule has 0 atom stereocenters. The van der Waals surface area contributed by atoms with E-state index in [1.54, 1.807) is 36.4 Å². The van der Waals surface area contributed by atoms with Crippen LogP contribution in [0.4, 0.5) is 5.69 Å². The Balaban J connectivity index is 1.81. The molecule has 0 aliphatic rings. The Hall–Kier alpha value is -4.13. The van der Waals surface area contributed by atoms with E-state index in [4.69, 9.17) is 9.52 Å². The normalized spacial score (nSPS) is 11.0. The number of hydrogen-bond donors (Lipinski definition) is 3. The summed E-state index contributed by atoms with van der Waals surface area (Å²) in [7, 11) is 0. The van der Waals surface area contributed by atoms with Gasteiger partial charge in [-0.3, -0.25) is 9.59 Å². The average Bonchev–Trinajstić information content (AvgIpc) is 3.21. The first-order chi connectivity index (χ1) is 13.9. The van der Waals surface area contributed by atoms with Crippen molar-refractivity contribution >= 4 is 29.5 Å². The van der Waals surface area contributed by atoms with Crippen molar-refractivity contribution < 1.29 is 23.9 Å². The van der Waals surface area contributed by atoms with Gasteiger partial charge in [-0.25, -0.2) is 4.79 Å². The third kappa shape index (κ3) is 5.20. The molecule has 3 rings (SSSR count). The fourth-order valence-electron chi connectivity index (χ4n) is 2.47. The van der Waals surface area contributed by atoms with E-state index < -0.39 is 17.8 Å². The molecule has 0 aliphatic carbocycles. The lowest BCUT2D eigenvalue weighted by atomic mass is 10.1. The van der Waals surface area contributed by atoms with Crippen molar-refractivity contribution in [1.82, 2.24) is 5.32 Å². The minimum atomic E-state index is -1.06. The van der Waals surface area contributed by atoms with Crippen LogP contribution in [0.15, 0.2) is 77.0 Å². The molecule has 7 heteroatoms. The highest BCUT2D eigenvalue weighted by molar-refractivity contribution is 6.10. The summed E-state index contributed by atoms with van der Waals surface area (Å²) in [5.41, 5.74) is 1.87. The van der Waals surface area contributed by atoms with Crippen LogP contribution in [0.3, 0.4) is 0 Å². The monoisotopic (exact) mass is 390 g/mol. The number of nitrogens with one attached hydrogen (secondary N) is 2. The van der Waals surface area contributed by atoms with E-state index in [1.165, 1.54) is 36.6 Å². The summed E-state index contributed by atoms with van der Waals surface area (Å²) < 4.78 is 5.24. The lowest BCUT2D eigenvalue weighted by molar-refractivity contribution is -0.113. The van der Waals surface area contributed by atoms with Gasteiger partial charge in [0.2, 0.25) is 0 Å². The second-order valence-electron chi connectivity index (χ2n) is 6.23. The van der Waals surface area contributed by atoms with Crippen LogP contribution >= 0.6 is 0 Å². The summed E-state index contributed by atoms with van der Waals surface area (Å²) in [6.45, 7) is 1.91. The van der Waals surface area contributed by atoms with Crippen LogP contribution in [0, 0.1) is 6.92 Å². The van der Waals surface area contributed by atoms with E-state index in [-0.39, 0.29) is 11.3 Å². The zero-order valence-corrected chi connectivity index (χ0v) is 15.5. The Morgan fingerprint density at radius 2 is 1.59 bits per heavy atom. The predicted octanol–water partition coefficient (Wildman–Crippen LogP) is 3.70. The molecule has 3 aromatic rings. The van der Waals surface area contributed by atoms with E-state index in [2.05, 4.69) is 10.6 Å². The van der Waals surface area contributed by atoms with Gasteiger partial charge in [0.25, 0.3) is 11.8 Å². The number of anilines is 1. The SMILES string of the molecule is Cc1ccc(C(=O)NC(=Cc2ccco2)C(=O)Nc2ccc(C(=O)O)cc2)cc1. The minimum absolute atomic E-state index is 0.0205. The standard InChI is InChI=1S/C22H18N2O5/c1-14-4-6-15(7-5-14)20(25)24-19(13-18-3-2-12-29-18)21(26)23-17-10-8-16(9-11-17)22(27)28/h2-13H,1H3,(H,23,26)(H,24,25)(H,27,28). The number of rotatable bonds is 6. The minimum Gasteiger partial charge on any atom is -0.478 e. The quantitative estimate of drug-likeness (QED) is 0.556. The lowest BCUT2D eigenvalue weighted by Gasteiger charge is -2.11. The predicted molar refractivity (Wildman–Crippen MR) is 107 cm³/mol. The van der Waals surface area contributed by atoms with Gasteiger partial charge in [0, 0.05) is 17.3 Å². The number of aryl methyl sites for hydroxylation is 1. The molecule has 7 nitrogen and oxygen atoms in total. The van der Waals surface area contributed by atoms with Crippen molar-refractivity contribution in [3.05, 3.63) is 95.1 Å². The molecule has 0 saturated carbocycles. The Morgan fingerprint density at radius 1 is 0.931 bits per heavy atom. The number of aromatic carboxylic acids is 1. The molecule has 0 radical (unpaired) electrons. The van der Waals surface area contributed by atoms with Gasteiger partial charge in [0.05, 0.1) is 11.8 Å². The largest absolute Gasteiger partial charge is 0.478 e. The zero-order valence-electron chi connectivity index (χ0n) is 15.5. The van der Waals surface area contributed by atoms with Crippen LogP contribution in [-0.2, 0) is 4.79 Å². The molecule has 146 valence electrons. The summed E-state index contributed by atoms with van der Waals surface area (Å²) in [4.78, 5) is 36.2. The van der Waals surface area contributed by atoms with Gasteiger partial charge in [-0.1, -0.05) is 17.7 Å². The fourth-order valence-corrected chi connectivity index (χ4v) is 2.47. The molecule has 3 N–H and O–H groups in total. The molecular formula is C22H18N2O5. The molecule has 2 amide bonds. The van der Waals surface area contributed by atoms with E-state index in [9.17, 15) is 14.4 Å². The third-order valence-corrected chi connectivity index (χ3v) is 4.03. The van der Waals surface area contributed by atoms with Crippen LogP contribution in [-0.4, -0.2) is 22.9 Å². The van der Waals surface area contributed by atoms with Gasteiger partial charge >= 0.3 is 5.97 Å². The number of hydrogen-bond acceptors (Lipinski definition) is 4. The first-order valence-corrected chi connectivity index (χ1v) is 8.70. The first kappa shape index (κ1) is 19.6. The maximum Gasteiger partial charge on any atom is 0.335 e. The average molecular weight is 390 g/mol. The van der Waals surface area contributed by atoms with Crippen molar-refractivity contribution in [2.24, 2.45) is 0 Å². The number of amides is 2. The molecule has 0 fully saturated rings. The van der Waals surface area contributed by atoms with Gasteiger partial charge in [0.15, 0.2) is 0 Å². The second-order valence-corrected chi connectivity index (χ2v) is 6.23. The molecule has 2 aromatic carbocycles. The number of carbonyl (C=O) groups is 3. The molecular weight excluding hydrogens is 372 g/mol. The molecule has 0 unspecified atom stereocenters. The van der Waals surface area contributed by atoms with E-state index in [1.807, 2.05) is 6.92 Å². The van der Waals surface area contributed by atoms with E-state index in [0.29, 0.717) is 17.0 Å². The van der Waals surface area contributed by atoms with Crippen molar-refractivity contribution in [3.63, 3.8) is 0 Å². The molecule has 0 aliphatic heterocycles. The highest BCUT2D eigenvalue weighted by atomic mass is 16.4. The summed E-state index contributed by atoms with van der Waals surface area (Å²) >= 11 is 0. The molecule has 0 bridgehead atoms. The molecule has 0 spiro atoms. The summed E-state index contributed by atoms with van der Waals surface area (Å²) in [5.74, 6) is -1.70. The van der Waals surface area contributed by atoms with Crippen LogP contribution in [0.2, 0.25) is 0 Å². The Morgan fingerprint density at radius 3 is 2.17 bits per heavy atom. The first-order valence-electron chi connectivity index (χ1n) is 8.70. The van der Waals surface area contributed by atoms with E-state index >= 15 is 0 Å². The molecule has 1 heterocycles. The molecule has 1 aromatic heterocycles. The van der Waals surface area contributed by atoms with Crippen LogP contribution in [0.1, 0.15) is 32.0 Å². The summed E-state index contributed by atoms with van der Waals surface area (Å²) in [6, 6.07) is 15.9. The number of carboxylic acids is 1. The Bertz CT molecular complexity index is 1050. The van der Waals surface area contributed by atoms with Crippen molar-refractivity contribution in [2.75, 3.05) is 5.32 Å². The maximum atomic E-state index is 12.7. The number of furan rings is 1. The summed E-state index contributed by atoms with van der Waals surface area (Å²) in [5, 5.41) is 14.2. The highest BCUT2D eigenvalue weighted by Gasteiger charge is 2.16. The van der Waals surface area contributed by atoms with Crippen LogP contribution in [0.25, 0.3) is 6.08 Å². The highest BCUT2D eigenvalue weighted by Crippen LogP contribution is 2.13. The maximum absolute atomic E-state index is 12.7. The van der Waals surface area contributed by atoms with Gasteiger partial charge < -0.3 is 20.2 Å². The van der Waals surface area contributed by atoms with Gasteiger partial charge in [-0.2, -0.15) is 0 Å². The lowest BCUT2D eigenvalue weighted by Crippen LogP contribution is -2.30. The number of benzene rings is 2. The number of carbonyl (C=O) groups excluding carboxylic acids is 2. The van der Waals surface area contributed by atoms with E-state index in [0.717, 1.165) is 5.56 Å². The fraction of sp³-hybridized carbons (Fsp3) is 0.0455. The third-order valence-electron chi connectivity index (χ3n) is 4.03. The molecule has 29 heavy (non-hydrogen) atoms. The van der Waals surface area contributed by atoms with Crippen molar-refractivity contribution in [2.45, 2.75) is 6.92 Å². The van der Waals surface area contributed by atoms with Gasteiger partial charge in [-0.15, -0.1) is 0 Å². The van der Waals surface area contributed by atoms with Crippen LogP contribution in [0.5, 0.6) is 0 Å². The van der Waals surface area contributed by atoms with Crippen molar-refractivity contribution in [3.8, 4) is 0 Å². The van der Waals surface area contributed by atoms with Gasteiger partial charge in [-0.05, 0) is 55.5 Å². The topological polar surface area (TPSA) is 109 Å². The Kier molecular flexibility index (Phi) is 5.89. The molecule has 0 saturated heterocycles. The smallest absolute Gasteiger partial charge is 0.335 e. The van der Waals surface area contributed by atoms with Gasteiger partial charge in [0.1, 0.15) is 11.5 Å².